The maximum atomic E-state index is 12.1. The molecule has 0 atom stereocenters. The first-order valence-electron chi connectivity index (χ1n) is 13.5. The minimum absolute atomic E-state index is 0.250. The fraction of sp³-hybridized carbons (Fsp3) is 0.312. The van der Waals surface area contributed by atoms with Gasteiger partial charge in [0.15, 0.2) is 0 Å². The normalized spacial score (nSPS) is 13.1. The molecular formula is C32H33IN4O4. The number of aryl methyl sites for hydroxylation is 3. The van der Waals surface area contributed by atoms with Gasteiger partial charge in [0.1, 0.15) is 0 Å². The maximum absolute atomic E-state index is 12.1. The number of ether oxygens (including phenoxy) is 2. The van der Waals surface area contributed by atoms with E-state index in [0.29, 0.717) is 12.8 Å². The monoisotopic (exact) mass is 664 g/mol. The number of allylic oxidation sites excluding steroid dienone is 3. The third-order valence-corrected chi connectivity index (χ3v) is 9.20. The first kappa shape index (κ1) is 28.8. The zero-order valence-corrected chi connectivity index (χ0v) is 26.3. The second kappa shape index (κ2) is 11.6. The van der Waals surface area contributed by atoms with Crippen LogP contribution in [0.25, 0.3) is 42.4 Å². The molecule has 0 aliphatic carbocycles. The molecule has 0 amide bonds. The second-order valence-corrected chi connectivity index (χ2v) is 11.5. The highest BCUT2D eigenvalue weighted by Gasteiger charge is 2.21. The zero-order chi connectivity index (χ0) is 29.4. The smallest absolute Gasteiger partial charge is 0.305 e. The lowest BCUT2D eigenvalue weighted by atomic mass is 10.0. The molecule has 8 nitrogen and oxygen atoms in total. The van der Waals surface area contributed by atoms with Crippen molar-refractivity contribution in [1.29, 1.82) is 0 Å². The summed E-state index contributed by atoms with van der Waals surface area (Å²) in [5.74, 6) is -0.527. The van der Waals surface area contributed by atoms with Gasteiger partial charge in [-0.05, 0) is 127 Å². The Morgan fingerprint density at radius 1 is 0.732 bits per heavy atom. The Kier molecular flexibility index (Phi) is 8.17. The minimum atomic E-state index is -0.268. The number of fused-ring (bicyclic) bond motifs is 8. The fourth-order valence-electron chi connectivity index (χ4n) is 5.32. The number of carbonyl (C=O) groups excluding carboxylic acids is 2. The molecule has 0 unspecified atom stereocenters. The largest absolute Gasteiger partial charge is 0.469 e. The summed E-state index contributed by atoms with van der Waals surface area (Å²) >= 11 is 2.35. The van der Waals surface area contributed by atoms with Crippen LogP contribution in [0.4, 0.5) is 0 Å². The van der Waals surface area contributed by atoms with E-state index in [1.165, 1.54) is 14.2 Å². The predicted octanol–water partition coefficient (Wildman–Crippen LogP) is 7.24. The lowest BCUT2D eigenvalue weighted by molar-refractivity contribution is -0.141. The van der Waals surface area contributed by atoms with Crippen molar-refractivity contribution in [1.82, 2.24) is 19.9 Å². The average molecular weight is 665 g/mol. The zero-order valence-electron chi connectivity index (χ0n) is 24.1. The number of carbonyl (C=O) groups is 2. The van der Waals surface area contributed by atoms with E-state index in [0.717, 1.165) is 81.8 Å². The van der Waals surface area contributed by atoms with Gasteiger partial charge in [-0.15, -0.1) is 0 Å². The molecule has 0 saturated carbocycles. The number of H-pyrrole nitrogens is 2. The number of methoxy groups -OCH3 is 2. The Bertz CT molecular complexity index is 1810. The van der Waals surface area contributed by atoms with Crippen molar-refractivity contribution < 1.29 is 19.1 Å². The van der Waals surface area contributed by atoms with Gasteiger partial charge in [0.25, 0.3) is 0 Å². The second-order valence-electron chi connectivity index (χ2n) is 10.4. The van der Waals surface area contributed by atoms with Gasteiger partial charge in [0.2, 0.25) is 0 Å². The Morgan fingerprint density at radius 3 is 2.10 bits per heavy atom. The third-order valence-electron chi connectivity index (χ3n) is 7.84. The Hall–Kier alpha value is -3.73. The molecule has 3 aromatic rings. The summed E-state index contributed by atoms with van der Waals surface area (Å²) in [5.41, 5.74) is 13.5. The number of aromatic amines is 2. The van der Waals surface area contributed by atoms with Gasteiger partial charge in [-0.2, -0.15) is 0 Å². The molecular weight excluding hydrogens is 631 g/mol. The highest BCUT2D eigenvalue weighted by atomic mass is 127. The van der Waals surface area contributed by atoms with Crippen LogP contribution >= 0.6 is 22.6 Å². The van der Waals surface area contributed by atoms with E-state index in [1.807, 2.05) is 19.1 Å². The number of aromatic nitrogens is 4. The van der Waals surface area contributed by atoms with Crippen molar-refractivity contribution in [2.24, 2.45) is 0 Å². The van der Waals surface area contributed by atoms with Crippen molar-refractivity contribution in [3.8, 4) is 0 Å². The predicted molar refractivity (Wildman–Crippen MR) is 171 cm³/mol. The van der Waals surface area contributed by atoms with E-state index in [9.17, 15) is 9.59 Å². The summed E-state index contributed by atoms with van der Waals surface area (Å²) in [5, 5.41) is 0. The molecule has 0 radical (unpaired) electrons. The van der Waals surface area contributed by atoms with Crippen LogP contribution in [0.5, 0.6) is 0 Å². The van der Waals surface area contributed by atoms with Crippen LogP contribution in [0.2, 0.25) is 0 Å². The lowest BCUT2D eigenvalue weighted by Gasteiger charge is -2.04. The molecule has 0 saturated heterocycles. The molecule has 8 bridgehead atoms. The molecule has 41 heavy (non-hydrogen) atoms. The lowest BCUT2D eigenvalue weighted by Crippen LogP contribution is -2.02. The minimum Gasteiger partial charge on any atom is -0.469 e. The van der Waals surface area contributed by atoms with E-state index in [1.54, 1.807) is 0 Å². The summed E-state index contributed by atoms with van der Waals surface area (Å²) in [7, 11) is 2.81. The van der Waals surface area contributed by atoms with Crippen molar-refractivity contribution in [2.45, 2.75) is 53.4 Å². The van der Waals surface area contributed by atoms with Crippen molar-refractivity contribution in [3.63, 3.8) is 0 Å². The van der Waals surface area contributed by atoms with Gasteiger partial charge in [-0.1, -0.05) is 0 Å². The van der Waals surface area contributed by atoms with Crippen LogP contribution in [-0.2, 0) is 25.5 Å². The van der Waals surface area contributed by atoms with Gasteiger partial charge < -0.3 is 19.4 Å². The first-order chi connectivity index (χ1) is 19.6. The van der Waals surface area contributed by atoms with Crippen LogP contribution in [-0.4, -0.2) is 46.1 Å². The molecule has 0 spiro atoms. The van der Waals surface area contributed by atoms with Gasteiger partial charge in [0.05, 0.1) is 37.0 Å². The van der Waals surface area contributed by atoms with Crippen molar-refractivity contribution in [3.05, 3.63) is 69.8 Å². The fourth-order valence-corrected chi connectivity index (χ4v) is 5.87. The van der Waals surface area contributed by atoms with Gasteiger partial charge in [-0.25, -0.2) is 9.97 Å². The Balaban J connectivity index is 1.85. The SMILES string of the molecule is COC(=O)CCC1=C(C)c2cc3nc(cc4cc(C)c(cc5[nH]c(cc1n2)c(CCC(=O)OC)c5C)[nH]4)C(C)=C3I. The maximum Gasteiger partial charge on any atom is 0.305 e. The van der Waals surface area contributed by atoms with E-state index in [4.69, 9.17) is 19.4 Å². The molecule has 2 aliphatic heterocycles. The van der Waals surface area contributed by atoms with Crippen molar-refractivity contribution in [2.75, 3.05) is 14.2 Å². The number of hydrogen-bond donors (Lipinski definition) is 2. The number of hydrogen-bond acceptors (Lipinski definition) is 6. The van der Waals surface area contributed by atoms with E-state index >= 15 is 0 Å². The molecule has 212 valence electrons. The van der Waals surface area contributed by atoms with E-state index in [2.05, 4.69) is 71.5 Å². The summed E-state index contributed by atoms with van der Waals surface area (Å²) < 4.78 is 10.9. The Morgan fingerprint density at radius 2 is 1.39 bits per heavy atom. The van der Waals surface area contributed by atoms with Crippen LogP contribution in [0.15, 0.2) is 30.3 Å². The standard InChI is InChI=1S/C32H33IN4O4/c1-16-11-20-12-24-19(4)32(33)29(37-24)14-26-18(3)22(8-10-31(39)41-6)28(36-26)15-27-21(7-9-30(38)40-5)17(2)25(35-27)13-23(16)34-20/h11-15,34-35H,7-10H2,1-6H3. The molecule has 0 fully saturated rings. The number of nitrogens with zero attached hydrogens (tertiary/aromatic N) is 2. The van der Waals surface area contributed by atoms with Crippen LogP contribution < -0.4 is 0 Å². The molecule has 2 aliphatic rings. The number of nitrogens with one attached hydrogen (secondary N) is 2. The van der Waals surface area contributed by atoms with Crippen LogP contribution in [0.3, 0.4) is 0 Å². The quantitative estimate of drug-likeness (QED) is 0.212. The number of esters is 2. The van der Waals surface area contributed by atoms with Crippen LogP contribution in [0, 0.1) is 13.8 Å². The van der Waals surface area contributed by atoms with E-state index < -0.39 is 0 Å². The number of halogens is 1. The topological polar surface area (TPSA) is 110 Å². The van der Waals surface area contributed by atoms with Gasteiger partial charge in [-0.3, -0.25) is 9.59 Å². The highest BCUT2D eigenvalue weighted by Crippen LogP contribution is 2.38. The summed E-state index contributed by atoms with van der Waals surface area (Å²) in [6, 6.07) is 10.4. The third kappa shape index (κ3) is 5.72. The van der Waals surface area contributed by atoms with Crippen molar-refractivity contribution >= 4 is 76.9 Å². The molecule has 3 aromatic heterocycles. The number of rotatable bonds is 6. The molecule has 5 rings (SSSR count). The van der Waals surface area contributed by atoms with Gasteiger partial charge >= 0.3 is 11.9 Å². The Labute approximate surface area is 252 Å². The average Bonchev–Trinajstić information content (AvgIpc) is 3.62. The van der Waals surface area contributed by atoms with Crippen LogP contribution in [0.1, 0.15) is 72.6 Å². The summed E-state index contributed by atoms with van der Waals surface area (Å²) in [6.07, 6.45) is 1.53. The first-order valence-corrected chi connectivity index (χ1v) is 14.6. The molecule has 2 N–H and O–H groups in total. The molecule has 9 heteroatoms. The molecule has 0 aromatic carbocycles. The summed E-state index contributed by atoms with van der Waals surface area (Å²) in [6.45, 7) is 8.26. The molecule has 5 heterocycles. The summed E-state index contributed by atoms with van der Waals surface area (Å²) in [4.78, 5) is 41.3. The van der Waals surface area contributed by atoms with E-state index in [-0.39, 0.29) is 24.8 Å². The van der Waals surface area contributed by atoms with Gasteiger partial charge in [0, 0.05) is 38.5 Å². The highest BCUT2D eigenvalue weighted by molar-refractivity contribution is 14.1.